The van der Waals surface area contributed by atoms with E-state index in [0.717, 1.165) is 41.8 Å². The second-order valence-electron chi connectivity index (χ2n) is 7.27. The van der Waals surface area contributed by atoms with Crippen LogP contribution in [0.3, 0.4) is 0 Å². The number of fused-ring (bicyclic) bond motifs is 1. The molecule has 0 fully saturated rings. The van der Waals surface area contributed by atoms with Gasteiger partial charge in [0.25, 0.3) is 5.91 Å². The van der Waals surface area contributed by atoms with Crippen LogP contribution in [-0.4, -0.2) is 27.8 Å². The number of hydrogen-bond acceptors (Lipinski definition) is 4. The van der Waals surface area contributed by atoms with Crippen molar-refractivity contribution in [2.45, 2.75) is 52.2 Å². The zero-order chi connectivity index (χ0) is 20.3. The summed E-state index contributed by atoms with van der Waals surface area (Å²) < 4.78 is 7.05. The van der Waals surface area contributed by atoms with Gasteiger partial charge in [0.05, 0.1) is 11.7 Å². The van der Waals surface area contributed by atoms with Gasteiger partial charge in [-0.15, -0.1) is 0 Å². The average molecular weight is 381 g/mol. The lowest BCUT2D eigenvalue weighted by atomic mass is 9.87. The van der Waals surface area contributed by atoms with Crippen LogP contribution in [0.5, 0.6) is 0 Å². The van der Waals surface area contributed by atoms with Crippen molar-refractivity contribution in [2.75, 3.05) is 0 Å². The van der Waals surface area contributed by atoms with Gasteiger partial charge in [0, 0.05) is 24.4 Å². The fraction of sp³-hybridized carbons (Fsp3) is 0.409. The van der Waals surface area contributed by atoms with E-state index in [1.807, 2.05) is 33.0 Å². The number of ether oxygens (including phenoxy) is 1. The topological polar surface area (TPSA) is 73.2 Å². The smallest absolute Gasteiger partial charge is 0.331 e. The van der Waals surface area contributed by atoms with E-state index < -0.39 is 12.1 Å². The first-order valence-electron chi connectivity index (χ1n) is 9.64. The van der Waals surface area contributed by atoms with Crippen molar-refractivity contribution in [3.8, 4) is 0 Å². The molecule has 0 saturated carbocycles. The van der Waals surface area contributed by atoms with Crippen molar-refractivity contribution in [2.24, 2.45) is 7.05 Å². The van der Waals surface area contributed by atoms with E-state index in [0.29, 0.717) is 0 Å². The van der Waals surface area contributed by atoms with E-state index >= 15 is 0 Å². The number of nitrogens with one attached hydrogen (secondary N) is 1. The fourth-order valence-corrected chi connectivity index (χ4v) is 3.64. The molecule has 0 bridgehead atoms. The van der Waals surface area contributed by atoms with Gasteiger partial charge in [0.15, 0.2) is 6.10 Å². The third-order valence-corrected chi connectivity index (χ3v) is 5.30. The number of aryl methyl sites for hydroxylation is 3. The number of carbonyl (C=O) groups is 2. The van der Waals surface area contributed by atoms with Crippen LogP contribution in [0.4, 0.5) is 0 Å². The van der Waals surface area contributed by atoms with Crippen molar-refractivity contribution in [3.63, 3.8) is 0 Å². The number of benzene rings is 1. The largest absolute Gasteiger partial charge is 0.449 e. The molecular weight excluding hydrogens is 354 g/mol. The minimum atomic E-state index is -0.859. The lowest BCUT2D eigenvalue weighted by Gasteiger charge is -2.27. The lowest BCUT2D eigenvalue weighted by molar-refractivity contribution is -0.150. The molecule has 1 aliphatic carbocycles. The Morgan fingerprint density at radius 2 is 2.07 bits per heavy atom. The molecule has 6 heteroatoms. The number of nitrogens with zero attached hydrogens (tertiary/aromatic N) is 2. The molecule has 0 radical (unpaired) electrons. The predicted octanol–water partition coefficient (Wildman–Crippen LogP) is 3.18. The van der Waals surface area contributed by atoms with Crippen LogP contribution in [0, 0.1) is 13.8 Å². The van der Waals surface area contributed by atoms with E-state index in [4.69, 9.17) is 4.74 Å². The van der Waals surface area contributed by atoms with E-state index in [1.54, 1.807) is 17.7 Å². The van der Waals surface area contributed by atoms with Crippen molar-refractivity contribution in [1.29, 1.82) is 0 Å². The molecule has 0 spiro atoms. The molecule has 2 aromatic rings. The third-order valence-electron chi connectivity index (χ3n) is 5.30. The molecule has 0 aliphatic heterocycles. The summed E-state index contributed by atoms with van der Waals surface area (Å²) >= 11 is 0. The van der Waals surface area contributed by atoms with E-state index in [-0.39, 0.29) is 11.9 Å². The highest BCUT2D eigenvalue weighted by Crippen LogP contribution is 2.29. The van der Waals surface area contributed by atoms with Gasteiger partial charge in [0.1, 0.15) is 0 Å². The van der Waals surface area contributed by atoms with Crippen molar-refractivity contribution in [1.82, 2.24) is 15.1 Å². The maximum absolute atomic E-state index is 12.5. The van der Waals surface area contributed by atoms with Crippen LogP contribution in [0.1, 0.15) is 53.9 Å². The lowest BCUT2D eigenvalue weighted by Crippen LogP contribution is -2.39. The SMILES string of the molecule is Cc1nn(C)c(C)c1/C=C/C(=O)O[C@H](C)C(=O)N[C@@H]1CCCc2ccccc21. The zero-order valence-corrected chi connectivity index (χ0v) is 16.9. The monoisotopic (exact) mass is 381 g/mol. The van der Waals surface area contributed by atoms with Gasteiger partial charge in [-0.1, -0.05) is 24.3 Å². The van der Waals surface area contributed by atoms with Gasteiger partial charge in [0.2, 0.25) is 0 Å². The fourth-order valence-electron chi connectivity index (χ4n) is 3.64. The van der Waals surface area contributed by atoms with Crippen molar-refractivity contribution < 1.29 is 14.3 Å². The molecule has 6 nitrogen and oxygen atoms in total. The molecular formula is C22H27N3O3. The van der Waals surface area contributed by atoms with Crippen LogP contribution in [0.15, 0.2) is 30.3 Å². The molecule has 2 atom stereocenters. The molecule has 1 N–H and O–H groups in total. The van der Waals surface area contributed by atoms with Crippen molar-refractivity contribution in [3.05, 3.63) is 58.4 Å². The number of carbonyl (C=O) groups excluding carboxylic acids is 2. The summed E-state index contributed by atoms with van der Waals surface area (Å²) in [7, 11) is 1.85. The van der Waals surface area contributed by atoms with Gasteiger partial charge in [-0.05, 0) is 57.2 Å². The third kappa shape index (κ3) is 4.32. The first-order chi connectivity index (χ1) is 13.4. The first kappa shape index (κ1) is 19.9. The maximum atomic E-state index is 12.5. The van der Waals surface area contributed by atoms with Crippen molar-refractivity contribution >= 4 is 18.0 Å². The summed E-state index contributed by atoms with van der Waals surface area (Å²) in [6.07, 6.45) is 5.12. The van der Waals surface area contributed by atoms with Crippen LogP contribution >= 0.6 is 0 Å². The van der Waals surface area contributed by atoms with E-state index in [1.165, 1.54) is 11.6 Å². The Morgan fingerprint density at radius 3 is 2.79 bits per heavy atom. The number of rotatable bonds is 5. The molecule has 3 rings (SSSR count). The summed E-state index contributed by atoms with van der Waals surface area (Å²) in [5.41, 5.74) is 5.11. The Kier molecular flexibility index (Phi) is 5.97. The highest BCUT2D eigenvalue weighted by Gasteiger charge is 2.25. The van der Waals surface area contributed by atoms with Gasteiger partial charge in [-0.25, -0.2) is 4.79 Å². The molecule has 1 aliphatic rings. The van der Waals surface area contributed by atoms with Crippen LogP contribution in [-0.2, 0) is 27.8 Å². The number of hydrogen-bond donors (Lipinski definition) is 1. The molecule has 1 heterocycles. The molecule has 1 aromatic carbocycles. The molecule has 0 saturated heterocycles. The second kappa shape index (κ2) is 8.42. The Bertz CT molecular complexity index is 914. The summed E-state index contributed by atoms with van der Waals surface area (Å²) in [4.78, 5) is 24.7. The minimum absolute atomic E-state index is 0.0326. The van der Waals surface area contributed by atoms with Gasteiger partial charge < -0.3 is 10.1 Å². The number of amides is 1. The Hall–Kier alpha value is -2.89. The van der Waals surface area contributed by atoms with Gasteiger partial charge in [-0.2, -0.15) is 5.10 Å². The summed E-state index contributed by atoms with van der Waals surface area (Å²) in [6.45, 7) is 5.41. The predicted molar refractivity (Wildman–Crippen MR) is 108 cm³/mol. The average Bonchev–Trinajstić information content (AvgIpc) is 2.92. The highest BCUT2D eigenvalue weighted by atomic mass is 16.5. The molecule has 1 amide bonds. The highest BCUT2D eigenvalue weighted by molar-refractivity contribution is 5.90. The number of aromatic nitrogens is 2. The molecule has 1 aromatic heterocycles. The van der Waals surface area contributed by atoms with E-state index in [2.05, 4.69) is 22.5 Å². The molecule has 0 unspecified atom stereocenters. The first-order valence-corrected chi connectivity index (χ1v) is 9.64. The summed E-state index contributed by atoms with van der Waals surface area (Å²) in [5, 5.41) is 7.33. The molecule has 148 valence electrons. The Morgan fingerprint density at radius 1 is 1.32 bits per heavy atom. The minimum Gasteiger partial charge on any atom is -0.449 e. The second-order valence-corrected chi connectivity index (χ2v) is 7.27. The van der Waals surface area contributed by atoms with Crippen LogP contribution in [0.25, 0.3) is 6.08 Å². The Labute approximate surface area is 165 Å². The van der Waals surface area contributed by atoms with Gasteiger partial charge >= 0.3 is 5.97 Å². The Balaban J connectivity index is 1.59. The van der Waals surface area contributed by atoms with E-state index in [9.17, 15) is 9.59 Å². The molecule has 28 heavy (non-hydrogen) atoms. The standard InChI is InChI=1S/C22H27N3O3/c1-14-18(15(2)25(4)24-14)12-13-21(26)28-16(3)22(27)23-20-11-7-9-17-8-5-6-10-19(17)20/h5-6,8,10,12-13,16,20H,7,9,11H2,1-4H3,(H,23,27)/b13-12+/t16-,20-/m1/s1. The quantitative estimate of drug-likeness (QED) is 0.638. The normalized spacial score (nSPS) is 17.2. The van der Waals surface area contributed by atoms with Crippen LogP contribution < -0.4 is 5.32 Å². The van der Waals surface area contributed by atoms with Crippen LogP contribution in [0.2, 0.25) is 0 Å². The summed E-state index contributed by atoms with van der Waals surface area (Å²) in [6, 6.07) is 8.13. The summed E-state index contributed by atoms with van der Waals surface area (Å²) in [5.74, 6) is -0.827. The van der Waals surface area contributed by atoms with Gasteiger partial charge in [-0.3, -0.25) is 9.48 Å². The zero-order valence-electron chi connectivity index (χ0n) is 16.9. The number of esters is 1. The maximum Gasteiger partial charge on any atom is 0.331 e.